The molecule has 0 spiro atoms. The Balaban J connectivity index is 2.07. The fourth-order valence-electron chi connectivity index (χ4n) is 2.58. The van der Waals surface area contributed by atoms with Crippen molar-refractivity contribution in [3.8, 4) is 0 Å². The van der Waals surface area contributed by atoms with Crippen molar-refractivity contribution < 1.29 is 5.11 Å². The Bertz CT molecular complexity index is 391. The minimum absolute atomic E-state index is 0.0534. The van der Waals surface area contributed by atoms with Crippen molar-refractivity contribution in [3.05, 3.63) is 33.8 Å². The van der Waals surface area contributed by atoms with E-state index in [1.54, 1.807) is 6.07 Å². The molecule has 1 aromatic rings. The van der Waals surface area contributed by atoms with Crippen molar-refractivity contribution in [3.63, 3.8) is 0 Å². The van der Waals surface area contributed by atoms with E-state index < -0.39 is 0 Å². The third-order valence-corrected chi connectivity index (χ3v) is 4.12. The maximum Gasteiger partial charge on any atom is 0.0627 e. The van der Waals surface area contributed by atoms with Crippen LogP contribution in [0.2, 0.25) is 10.0 Å². The summed E-state index contributed by atoms with van der Waals surface area (Å²) in [4.78, 5) is 0. The molecule has 0 heterocycles. The summed E-state index contributed by atoms with van der Waals surface area (Å²) in [6, 6.07) is 5.82. The van der Waals surface area contributed by atoms with E-state index in [-0.39, 0.29) is 12.6 Å². The van der Waals surface area contributed by atoms with Gasteiger partial charge >= 0.3 is 0 Å². The molecule has 2 nitrogen and oxygen atoms in total. The second-order valence-electron chi connectivity index (χ2n) is 4.90. The SMILES string of the molecule is OCC(NC1CCCCC1)c1ccc(Cl)cc1Cl. The highest BCUT2D eigenvalue weighted by molar-refractivity contribution is 6.35. The van der Waals surface area contributed by atoms with Gasteiger partial charge in [0, 0.05) is 16.1 Å². The number of nitrogens with one attached hydrogen (secondary N) is 1. The normalized spacial score (nSPS) is 18.8. The molecule has 4 heteroatoms. The Hall–Kier alpha value is -0.280. The van der Waals surface area contributed by atoms with Crippen LogP contribution in [-0.2, 0) is 0 Å². The first-order valence-electron chi connectivity index (χ1n) is 6.52. The van der Waals surface area contributed by atoms with Crippen LogP contribution in [0.3, 0.4) is 0 Å². The van der Waals surface area contributed by atoms with Crippen molar-refractivity contribution in [2.75, 3.05) is 6.61 Å². The quantitative estimate of drug-likeness (QED) is 0.879. The molecule has 2 N–H and O–H groups in total. The van der Waals surface area contributed by atoms with Gasteiger partial charge in [-0.15, -0.1) is 0 Å². The van der Waals surface area contributed by atoms with Gasteiger partial charge in [0.25, 0.3) is 0 Å². The Kier molecular flexibility index (Phi) is 5.31. The molecule has 1 aliphatic carbocycles. The Morgan fingerprint density at radius 2 is 1.94 bits per heavy atom. The van der Waals surface area contributed by atoms with Crippen molar-refractivity contribution in [1.82, 2.24) is 5.32 Å². The number of aliphatic hydroxyl groups excluding tert-OH is 1. The van der Waals surface area contributed by atoms with Crippen molar-refractivity contribution in [2.24, 2.45) is 0 Å². The second-order valence-corrected chi connectivity index (χ2v) is 5.75. The smallest absolute Gasteiger partial charge is 0.0627 e. The Morgan fingerprint density at radius 1 is 1.22 bits per heavy atom. The van der Waals surface area contributed by atoms with Gasteiger partial charge in [0.05, 0.1) is 12.6 Å². The van der Waals surface area contributed by atoms with Gasteiger partial charge in [-0.25, -0.2) is 0 Å². The maximum atomic E-state index is 9.55. The summed E-state index contributed by atoms with van der Waals surface area (Å²) >= 11 is 12.1. The molecule has 2 rings (SSSR count). The number of rotatable bonds is 4. The minimum atomic E-state index is -0.0992. The van der Waals surface area contributed by atoms with Crippen LogP contribution in [0, 0.1) is 0 Å². The minimum Gasteiger partial charge on any atom is -0.394 e. The number of benzene rings is 1. The third kappa shape index (κ3) is 3.61. The summed E-state index contributed by atoms with van der Waals surface area (Å²) in [6.45, 7) is 0.0534. The fraction of sp³-hybridized carbons (Fsp3) is 0.571. The van der Waals surface area contributed by atoms with Crippen LogP contribution in [0.5, 0.6) is 0 Å². The van der Waals surface area contributed by atoms with E-state index in [0.29, 0.717) is 16.1 Å². The van der Waals surface area contributed by atoms with E-state index >= 15 is 0 Å². The zero-order valence-corrected chi connectivity index (χ0v) is 11.8. The number of halogens is 2. The topological polar surface area (TPSA) is 32.3 Å². The molecule has 1 aromatic carbocycles. The van der Waals surface area contributed by atoms with Gasteiger partial charge in [0.15, 0.2) is 0 Å². The van der Waals surface area contributed by atoms with Gasteiger partial charge in [0.1, 0.15) is 0 Å². The molecular formula is C14H19Cl2NO. The maximum absolute atomic E-state index is 9.55. The molecular weight excluding hydrogens is 269 g/mol. The Labute approximate surface area is 118 Å². The van der Waals surface area contributed by atoms with Gasteiger partial charge in [-0.3, -0.25) is 0 Å². The third-order valence-electron chi connectivity index (χ3n) is 3.56. The number of hydrogen-bond acceptors (Lipinski definition) is 2. The standard InChI is InChI=1S/C14H19Cl2NO/c15-10-6-7-12(13(16)8-10)14(9-18)17-11-4-2-1-3-5-11/h6-8,11,14,17-18H,1-5,9H2. The summed E-state index contributed by atoms with van der Waals surface area (Å²) < 4.78 is 0. The molecule has 0 aromatic heterocycles. The average Bonchev–Trinajstić information content (AvgIpc) is 2.38. The van der Waals surface area contributed by atoms with Crippen LogP contribution >= 0.6 is 23.2 Å². The van der Waals surface area contributed by atoms with Gasteiger partial charge in [-0.1, -0.05) is 48.5 Å². The predicted molar refractivity (Wildman–Crippen MR) is 76.3 cm³/mol. The van der Waals surface area contributed by atoms with Crippen molar-refractivity contribution >= 4 is 23.2 Å². The molecule has 1 saturated carbocycles. The van der Waals surface area contributed by atoms with Crippen LogP contribution in [0.25, 0.3) is 0 Å². The van der Waals surface area contributed by atoms with E-state index in [9.17, 15) is 5.11 Å². The average molecular weight is 288 g/mol. The first kappa shape index (κ1) is 14.1. The van der Waals surface area contributed by atoms with Crippen LogP contribution in [-0.4, -0.2) is 17.8 Å². The summed E-state index contributed by atoms with van der Waals surface area (Å²) in [5, 5.41) is 14.3. The van der Waals surface area contributed by atoms with Gasteiger partial charge < -0.3 is 10.4 Å². The molecule has 1 unspecified atom stereocenters. The molecule has 1 atom stereocenters. The lowest BCUT2D eigenvalue weighted by atomic mass is 9.94. The summed E-state index contributed by atoms with van der Waals surface area (Å²) in [7, 11) is 0. The number of aliphatic hydroxyl groups is 1. The summed E-state index contributed by atoms with van der Waals surface area (Å²) in [5.41, 5.74) is 0.925. The molecule has 0 radical (unpaired) electrons. The monoisotopic (exact) mass is 287 g/mol. The zero-order chi connectivity index (χ0) is 13.0. The lowest BCUT2D eigenvalue weighted by Gasteiger charge is -2.28. The number of hydrogen-bond donors (Lipinski definition) is 2. The van der Waals surface area contributed by atoms with E-state index in [4.69, 9.17) is 23.2 Å². The van der Waals surface area contributed by atoms with Gasteiger partial charge in [-0.2, -0.15) is 0 Å². The van der Waals surface area contributed by atoms with Crippen molar-refractivity contribution in [1.29, 1.82) is 0 Å². The van der Waals surface area contributed by atoms with Crippen molar-refractivity contribution in [2.45, 2.75) is 44.2 Å². The Morgan fingerprint density at radius 3 is 2.56 bits per heavy atom. The highest BCUT2D eigenvalue weighted by Crippen LogP contribution is 2.28. The van der Waals surface area contributed by atoms with Gasteiger partial charge in [-0.05, 0) is 30.5 Å². The van der Waals surface area contributed by atoms with E-state index in [2.05, 4.69) is 5.32 Å². The van der Waals surface area contributed by atoms with E-state index in [1.165, 1.54) is 32.1 Å². The van der Waals surface area contributed by atoms with Crippen LogP contribution in [0.4, 0.5) is 0 Å². The van der Waals surface area contributed by atoms with Crippen LogP contribution < -0.4 is 5.32 Å². The molecule has 1 aliphatic rings. The predicted octanol–water partition coefficient (Wildman–Crippen LogP) is 3.95. The molecule has 1 fully saturated rings. The zero-order valence-electron chi connectivity index (χ0n) is 10.3. The van der Waals surface area contributed by atoms with Gasteiger partial charge in [0.2, 0.25) is 0 Å². The van der Waals surface area contributed by atoms with E-state index in [0.717, 1.165) is 5.56 Å². The molecule has 0 amide bonds. The largest absolute Gasteiger partial charge is 0.394 e. The highest BCUT2D eigenvalue weighted by Gasteiger charge is 2.20. The molecule has 0 saturated heterocycles. The van der Waals surface area contributed by atoms with Crippen LogP contribution in [0.15, 0.2) is 18.2 Å². The highest BCUT2D eigenvalue weighted by atomic mass is 35.5. The molecule has 18 heavy (non-hydrogen) atoms. The second kappa shape index (κ2) is 6.76. The fourth-order valence-corrected chi connectivity index (χ4v) is 3.12. The first-order valence-corrected chi connectivity index (χ1v) is 7.28. The van der Waals surface area contributed by atoms with Crippen LogP contribution in [0.1, 0.15) is 43.7 Å². The lowest BCUT2D eigenvalue weighted by Crippen LogP contribution is -2.36. The summed E-state index contributed by atoms with van der Waals surface area (Å²) in [6.07, 6.45) is 6.22. The molecule has 100 valence electrons. The van der Waals surface area contributed by atoms with E-state index in [1.807, 2.05) is 12.1 Å². The molecule has 0 bridgehead atoms. The summed E-state index contributed by atoms with van der Waals surface area (Å²) in [5.74, 6) is 0. The lowest BCUT2D eigenvalue weighted by molar-refractivity contribution is 0.220. The molecule has 0 aliphatic heterocycles. The first-order chi connectivity index (χ1) is 8.70.